The van der Waals surface area contributed by atoms with Crippen LogP contribution >= 0.6 is 0 Å². The molecule has 2 unspecified atom stereocenters. The highest BCUT2D eigenvalue weighted by molar-refractivity contribution is 5.85. The lowest BCUT2D eigenvalue weighted by molar-refractivity contribution is -0.119. The Morgan fingerprint density at radius 3 is 2.54 bits per heavy atom. The molecule has 0 saturated heterocycles. The van der Waals surface area contributed by atoms with Crippen LogP contribution in [0.1, 0.15) is 18.9 Å². The summed E-state index contributed by atoms with van der Waals surface area (Å²) in [7, 11) is 0. The van der Waals surface area contributed by atoms with Crippen LogP contribution in [0.4, 0.5) is 0 Å². The van der Waals surface area contributed by atoms with Gasteiger partial charge in [0.15, 0.2) is 0 Å². The van der Waals surface area contributed by atoms with Gasteiger partial charge in [-0.15, -0.1) is 0 Å². The fourth-order valence-electron chi connectivity index (χ4n) is 1.70. The molecule has 0 heterocycles. The first kappa shape index (κ1) is 8.49. The van der Waals surface area contributed by atoms with Gasteiger partial charge in [0.2, 0.25) is 0 Å². The number of carbonyl (C=O) groups excluding carboxylic acids is 1. The van der Waals surface area contributed by atoms with Crippen molar-refractivity contribution < 1.29 is 4.79 Å². The van der Waals surface area contributed by atoms with E-state index in [1.165, 1.54) is 0 Å². The Hall–Kier alpha value is -1.11. The van der Waals surface area contributed by atoms with Gasteiger partial charge in [0.1, 0.15) is 5.78 Å². The second-order valence-corrected chi connectivity index (χ2v) is 3.95. The smallest absolute Gasteiger partial charge is 0.140 e. The molecular formula is C12H14O. The van der Waals surface area contributed by atoms with Crippen LogP contribution in [0.2, 0.25) is 0 Å². The summed E-state index contributed by atoms with van der Waals surface area (Å²) in [5.41, 5.74) is 1.15. The predicted octanol–water partition coefficient (Wildman–Crippen LogP) is 2.45. The first-order valence-electron chi connectivity index (χ1n) is 4.84. The zero-order valence-corrected chi connectivity index (χ0v) is 7.86. The summed E-state index contributed by atoms with van der Waals surface area (Å²) in [4.78, 5) is 11.6. The second-order valence-electron chi connectivity index (χ2n) is 3.95. The van der Waals surface area contributed by atoms with E-state index in [2.05, 4.69) is 6.92 Å². The van der Waals surface area contributed by atoms with Crippen molar-refractivity contribution in [2.24, 2.45) is 11.8 Å². The fraction of sp³-hybridized carbons (Fsp3) is 0.417. The zero-order valence-electron chi connectivity index (χ0n) is 7.86. The zero-order chi connectivity index (χ0) is 9.26. The monoisotopic (exact) mass is 174 g/mol. The number of Topliss-reactive ketones (excluding diaryl/α,β-unsaturated/α-hetero) is 1. The summed E-state index contributed by atoms with van der Waals surface area (Å²) in [5.74, 6) is 1.41. The summed E-state index contributed by atoms with van der Waals surface area (Å²) < 4.78 is 0. The molecule has 1 saturated carbocycles. The van der Waals surface area contributed by atoms with E-state index in [9.17, 15) is 4.79 Å². The standard InChI is InChI=1S/C12H14O/c1-9-7-11(9)12(13)8-10-5-3-2-4-6-10/h2-6,9,11H,7-8H2,1H3. The highest BCUT2D eigenvalue weighted by atomic mass is 16.1. The van der Waals surface area contributed by atoms with Crippen molar-refractivity contribution >= 4 is 5.78 Å². The summed E-state index contributed by atoms with van der Waals surface area (Å²) in [6.45, 7) is 2.15. The van der Waals surface area contributed by atoms with Crippen LogP contribution in [-0.4, -0.2) is 5.78 Å². The number of ketones is 1. The molecule has 1 fully saturated rings. The van der Waals surface area contributed by atoms with Gasteiger partial charge in [-0.2, -0.15) is 0 Å². The minimum atomic E-state index is 0.361. The molecule has 1 nitrogen and oxygen atoms in total. The first-order chi connectivity index (χ1) is 6.27. The third-order valence-corrected chi connectivity index (χ3v) is 2.74. The fourth-order valence-corrected chi connectivity index (χ4v) is 1.70. The quantitative estimate of drug-likeness (QED) is 0.688. The van der Waals surface area contributed by atoms with Crippen LogP contribution in [0.5, 0.6) is 0 Å². The minimum Gasteiger partial charge on any atom is -0.299 e. The average Bonchev–Trinajstić information content (AvgIpc) is 2.84. The number of hydrogen-bond acceptors (Lipinski definition) is 1. The SMILES string of the molecule is CC1CC1C(=O)Cc1ccccc1. The van der Waals surface area contributed by atoms with E-state index >= 15 is 0 Å². The van der Waals surface area contributed by atoms with Crippen molar-refractivity contribution in [1.29, 1.82) is 0 Å². The molecule has 0 N–H and O–H groups in total. The van der Waals surface area contributed by atoms with E-state index in [0.717, 1.165) is 12.0 Å². The van der Waals surface area contributed by atoms with Gasteiger partial charge in [0.05, 0.1) is 0 Å². The molecule has 2 rings (SSSR count). The number of carbonyl (C=O) groups is 1. The molecule has 1 heteroatoms. The Balaban J connectivity index is 1.95. The van der Waals surface area contributed by atoms with Crippen molar-refractivity contribution in [1.82, 2.24) is 0 Å². The van der Waals surface area contributed by atoms with Gasteiger partial charge in [-0.25, -0.2) is 0 Å². The Labute approximate surface area is 78.8 Å². The summed E-state index contributed by atoms with van der Waals surface area (Å²) in [6.07, 6.45) is 1.72. The first-order valence-corrected chi connectivity index (χ1v) is 4.84. The Bertz CT molecular complexity index is 302. The van der Waals surface area contributed by atoms with E-state index in [1.807, 2.05) is 30.3 Å². The molecule has 0 aliphatic heterocycles. The van der Waals surface area contributed by atoms with E-state index in [4.69, 9.17) is 0 Å². The normalized spacial score (nSPS) is 25.6. The van der Waals surface area contributed by atoms with Crippen LogP contribution in [-0.2, 0) is 11.2 Å². The molecule has 0 radical (unpaired) electrons. The van der Waals surface area contributed by atoms with Crippen molar-refractivity contribution in [3.8, 4) is 0 Å². The van der Waals surface area contributed by atoms with Gasteiger partial charge in [-0.3, -0.25) is 4.79 Å². The van der Waals surface area contributed by atoms with Gasteiger partial charge in [-0.05, 0) is 17.9 Å². The van der Waals surface area contributed by atoms with Gasteiger partial charge >= 0.3 is 0 Å². The molecule has 0 amide bonds. The molecular weight excluding hydrogens is 160 g/mol. The van der Waals surface area contributed by atoms with Crippen molar-refractivity contribution in [3.63, 3.8) is 0 Å². The van der Waals surface area contributed by atoms with E-state index in [1.54, 1.807) is 0 Å². The third kappa shape index (κ3) is 1.97. The number of rotatable bonds is 3. The lowest BCUT2D eigenvalue weighted by atomic mass is 10.1. The van der Waals surface area contributed by atoms with Crippen molar-refractivity contribution in [3.05, 3.63) is 35.9 Å². The topological polar surface area (TPSA) is 17.1 Å². The number of benzene rings is 1. The lowest BCUT2D eigenvalue weighted by Gasteiger charge is -1.98. The van der Waals surface area contributed by atoms with Crippen molar-refractivity contribution in [2.75, 3.05) is 0 Å². The molecule has 0 bridgehead atoms. The molecule has 1 aromatic carbocycles. The molecule has 0 aromatic heterocycles. The molecule has 68 valence electrons. The molecule has 1 aliphatic carbocycles. The Morgan fingerprint density at radius 1 is 1.38 bits per heavy atom. The van der Waals surface area contributed by atoms with Gasteiger partial charge in [0.25, 0.3) is 0 Å². The maximum Gasteiger partial charge on any atom is 0.140 e. The van der Waals surface area contributed by atoms with Crippen LogP contribution in [0.15, 0.2) is 30.3 Å². The Kier molecular flexibility index (Phi) is 2.17. The van der Waals surface area contributed by atoms with Crippen LogP contribution in [0.3, 0.4) is 0 Å². The van der Waals surface area contributed by atoms with Crippen LogP contribution < -0.4 is 0 Å². The van der Waals surface area contributed by atoms with E-state index in [0.29, 0.717) is 24.0 Å². The van der Waals surface area contributed by atoms with Crippen molar-refractivity contribution in [2.45, 2.75) is 19.8 Å². The lowest BCUT2D eigenvalue weighted by Crippen LogP contribution is -2.05. The largest absolute Gasteiger partial charge is 0.299 e. The van der Waals surface area contributed by atoms with Crippen LogP contribution in [0, 0.1) is 11.8 Å². The second kappa shape index (κ2) is 3.33. The summed E-state index contributed by atoms with van der Waals surface area (Å²) >= 11 is 0. The summed E-state index contributed by atoms with van der Waals surface area (Å²) in [5, 5.41) is 0. The molecule has 2 atom stereocenters. The van der Waals surface area contributed by atoms with Gasteiger partial charge in [-0.1, -0.05) is 37.3 Å². The maximum atomic E-state index is 11.6. The molecule has 1 aromatic rings. The predicted molar refractivity (Wildman–Crippen MR) is 52.4 cm³/mol. The highest BCUT2D eigenvalue weighted by Crippen LogP contribution is 2.38. The molecule has 0 spiro atoms. The van der Waals surface area contributed by atoms with Gasteiger partial charge in [0, 0.05) is 12.3 Å². The minimum absolute atomic E-state index is 0.361. The average molecular weight is 174 g/mol. The van der Waals surface area contributed by atoms with E-state index < -0.39 is 0 Å². The third-order valence-electron chi connectivity index (χ3n) is 2.74. The molecule has 1 aliphatic rings. The maximum absolute atomic E-state index is 11.6. The van der Waals surface area contributed by atoms with Gasteiger partial charge < -0.3 is 0 Å². The number of hydrogen-bond donors (Lipinski definition) is 0. The van der Waals surface area contributed by atoms with Crippen LogP contribution in [0.25, 0.3) is 0 Å². The summed E-state index contributed by atoms with van der Waals surface area (Å²) in [6, 6.07) is 9.99. The highest BCUT2D eigenvalue weighted by Gasteiger charge is 2.38. The van der Waals surface area contributed by atoms with E-state index in [-0.39, 0.29) is 0 Å². The molecule has 13 heavy (non-hydrogen) atoms. The Morgan fingerprint density at radius 2 is 2.00 bits per heavy atom.